The number of nitrogens with zero attached hydrogens (tertiary/aromatic N) is 2. The number of piperidine rings is 1. The van der Waals surface area contributed by atoms with Gasteiger partial charge in [-0.15, -0.1) is 0 Å². The van der Waals surface area contributed by atoms with E-state index in [0.717, 1.165) is 43.5 Å². The summed E-state index contributed by atoms with van der Waals surface area (Å²) in [5, 5.41) is 11.9. The molecule has 4 heteroatoms. The van der Waals surface area contributed by atoms with Crippen LogP contribution in [0.4, 0.5) is 5.69 Å². The monoisotopic (exact) mass is 314 g/mol. The molecule has 1 aromatic rings. The first kappa shape index (κ1) is 16.3. The second-order valence-corrected chi connectivity index (χ2v) is 7.70. The molecule has 23 heavy (non-hydrogen) atoms. The smallest absolute Gasteiger partial charge is 0.191 e. The lowest BCUT2D eigenvalue weighted by Crippen LogP contribution is -2.49. The van der Waals surface area contributed by atoms with Gasteiger partial charge in [0.25, 0.3) is 0 Å². The van der Waals surface area contributed by atoms with Gasteiger partial charge in [0.05, 0.1) is 13.7 Å². The lowest BCUT2D eigenvalue weighted by atomic mass is 9.65. The van der Waals surface area contributed by atoms with Crippen molar-refractivity contribution in [3.63, 3.8) is 0 Å². The summed E-state index contributed by atoms with van der Waals surface area (Å²) in [6, 6.07) is 3.70. The summed E-state index contributed by atoms with van der Waals surface area (Å²) in [5.74, 6) is 0.892. The minimum Gasteiger partial charge on any atom is -0.498 e. The standard InChI is InChI=1S/C19H26N2O2/c1-18(2)12-13-10-15(20-3)11-16(23-5)17(13)19(18,22)14-6-8-21(4)9-7-14/h10-11,14,22H,6-9,12H2,1-2,4-5H3. The molecule has 4 nitrogen and oxygen atoms in total. The van der Waals surface area contributed by atoms with Crippen LogP contribution in [0.1, 0.15) is 37.8 Å². The zero-order valence-electron chi connectivity index (χ0n) is 14.5. The summed E-state index contributed by atoms with van der Waals surface area (Å²) in [5.41, 5.74) is 1.43. The van der Waals surface area contributed by atoms with Crippen LogP contribution in [0.25, 0.3) is 4.85 Å². The van der Waals surface area contributed by atoms with Gasteiger partial charge in [-0.05, 0) is 56.9 Å². The second-order valence-electron chi connectivity index (χ2n) is 7.70. The molecule has 0 aromatic heterocycles. The first-order chi connectivity index (χ1) is 10.8. The van der Waals surface area contributed by atoms with Crippen LogP contribution in [0, 0.1) is 17.9 Å². The highest BCUT2D eigenvalue weighted by Gasteiger charge is 2.57. The molecule has 1 aliphatic heterocycles. The SMILES string of the molecule is [C-]#[N+]c1cc2c(c(OC)c1)C(O)(C1CCN(C)CC1)C(C)(C)C2. The van der Waals surface area contributed by atoms with Gasteiger partial charge in [0.1, 0.15) is 11.4 Å². The van der Waals surface area contributed by atoms with Crippen molar-refractivity contribution in [2.24, 2.45) is 11.3 Å². The summed E-state index contributed by atoms with van der Waals surface area (Å²) in [7, 11) is 3.76. The third-order valence-corrected chi connectivity index (χ3v) is 5.87. The van der Waals surface area contributed by atoms with E-state index in [9.17, 15) is 5.11 Å². The molecule has 1 atom stereocenters. The summed E-state index contributed by atoms with van der Waals surface area (Å²) >= 11 is 0. The molecule has 1 heterocycles. The van der Waals surface area contributed by atoms with E-state index in [1.54, 1.807) is 13.2 Å². The Bertz CT molecular complexity index is 654. The van der Waals surface area contributed by atoms with Gasteiger partial charge in [0.15, 0.2) is 5.69 Å². The molecule has 1 fully saturated rings. The fraction of sp³-hybridized carbons (Fsp3) is 0.632. The third kappa shape index (κ3) is 2.34. The van der Waals surface area contributed by atoms with Crippen molar-refractivity contribution < 1.29 is 9.84 Å². The maximum Gasteiger partial charge on any atom is 0.191 e. The zero-order chi connectivity index (χ0) is 16.8. The minimum absolute atomic E-state index is 0.225. The molecule has 1 aliphatic carbocycles. The molecule has 1 aromatic carbocycles. The number of benzene rings is 1. The topological polar surface area (TPSA) is 37.1 Å². The quantitative estimate of drug-likeness (QED) is 0.851. The van der Waals surface area contributed by atoms with Crippen LogP contribution in [0.15, 0.2) is 12.1 Å². The first-order valence-corrected chi connectivity index (χ1v) is 8.33. The van der Waals surface area contributed by atoms with Crippen LogP contribution in [-0.2, 0) is 12.0 Å². The molecule has 0 saturated carbocycles. The van der Waals surface area contributed by atoms with Crippen LogP contribution in [0.2, 0.25) is 0 Å². The maximum atomic E-state index is 11.9. The van der Waals surface area contributed by atoms with Gasteiger partial charge in [-0.2, -0.15) is 0 Å². The lowest BCUT2D eigenvalue weighted by molar-refractivity contribution is -0.122. The predicted octanol–water partition coefficient (Wildman–Crippen LogP) is 3.36. The highest BCUT2D eigenvalue weighted by molar-refractivity contribution is 5.61. The number of aliphatic hydroxyl groups is 1. The Balaban J connectivity index is 2.13. The normalized spacial score (nSPS) is 27.5. The maximum absolute atomic E-state index is 11.9. The summed E-state index contributed by atoms with van der Waals surface area (Å²) in [4.78, 5) is 5.88. The van der Waals surface area contributed by atoms with Crippen LogP contribution in [-0.4, -0.2) is 37.3 Å². The molecule has 1 unspecified atom stereocenters. The Morgan fingerprint density at radius 3 is 2.52 bits per heavy atom. The van der Waals surface area contributed by atoms with Gasteiger partial charge in [-0.1, -0.05) is 19.9 Å². The summed E-state index contributed by atoms with van der Waals surface area (Å²) in [6.45, 7) is 13.6. The Morgan fingerprint density at radius 2 is 1.96 bits per heavy atom. The number of rotatable bonds is 2. The number of hydrogen-bond acceptors (Lipinski definition) is 3. The number of hydrogen-bond donors (Lipinski definition) is 1. The van der Waals surface area contributed by atoms with Crippen LogP contribution in [0.5, 0.6) is 5.75 Å². The Labute approximate surface area is 138 Å². The molecular weight excluding hydrogens is 288 g/mol. The Morgan fingerprint density at radius 1 is 1.30 bits per heavy atom. The van der Waals surface area contributed by atoms with Gasteiger partial charge in [-0.3, -0.25) is 0 Å². The van der Waals surface area contributed by atoms with Gasteiger partial charge in [0.2, 0.25) is 0 Å². The van der Waals surface area contributed by atoms with Gasteiger partial charge >= 0.3 is 0 Å². The largest absolute Gasteiger partial charge is 0.498 e. The molecule has 1 saturated heterocycles. The van der Waals surface area contributed by atoms with E-state index in [-0.39, 0.29) is 11.3 Å². The van der Waals surface area contributed by atoms with E-state index in [4.69, 9.17) is 11.3 Å². The fourth-order valence-corrected chi connectivity index (χ4v) is 4.59. The fourth-order valence-electron chi connectivity index (χ4n) is 4.59. The molecule has 124 valence electrons. The molecule has 0 spiro atoms. The number of likely N-dealkylation sites (tertiary alicyclic amines) is 1. The van der Waals surface area contributed by atoms with Crippen molar-refractivity contribution in [1.29, 1.82) is 0 Å². The third-order valence-electron chi connectivity index (χ3n) is 5.87. The number of ether oxygens (including phenoxy) is 1. The summed E-state index contributed by atoms with van der Waals surface area (Å²) in [6.07, 6.45) is 2.76. The predicted molar refractivity (Wildman–Crippen MR) is 90.9 cm³/mol. The van der Waals surface area contributed by atoms with E-state index in [1.165, 1.54) is 0 Å². The molecular formula is C19H26N2O2. The van der Waals surface area contributed by atoms with E-state index < -0.39 is 5.60 Å². The van der Waals surface area contributed by atoms with Crippen molar-refractivity contribution >= 4 is 5.69 Å². The van der Waals surface area contributed by atoms with Crippen LogP contribution in [0.3, 0.4) is 0 Å². The van der Waals surface area contributed by atoms with E-state index >= 15 is 0 Å². The molecule has 3 rings (SSSR count). The van der Waals surface area contributed by atoms with E-state index in [1.807, 2.05) is 6.07 Å². The van der Waals surface area contributed by atoms with Crippen molar-refractivity contribution in [3.8, 4) is 5.75 Å². The van der Waals surface area contributed by atoms with Crippen molar-refractivity contribution in [2.45, 2.75) is 38.7 Å². The average molecular weight is 314 g/mol. The number of fused-ring (bicyclic) bond motifs is 1. The molecule has 0 amide bonds. The van der Waals surface area contributed by atoms with E-state index in [0.29, 0.717) is 11.4 Å². The lowest BCUT2D eigenvalue weighted by Gasteiger charge is -2.46. The van der Waals surface area contributed by atoms with Crippen molar-refractivity contribution in [1.82, 2.24) is 4.90 Å². The summed E-state index contributed by atoms with van der Waals surface area (Å²) < 4.78 is 5.59. The highest BCUT2D eigenvalue weighted by Crippen LogP contribution is 2.59. The van der Waals surface area contributed by atoms with Gasteiger partial charge < -0.3 is 14.7 Å². The van der Waals surface area contributed by atoms with Gasteiger partial charge in [-0.25, -0.2) is 4.85 Å². The van der Waals surface area contributed by atoms with Crippen molar-refractivity contribution in [3.05, 3.63) is 34.7 Å². The van der Waals surface area contributed by atoms with Gasteiger partial charge in [0, 0.05) is 11.0 Å². The molecule has 0 bridgehead atoms. The molecule has 0 radical (unpaired) electrons. The average Bonchev–Trinajstić information content (AvgIpc) is 2.74. The number of methoxy groups -OCH3 is 1. The Kier molecular flexibility index (Phi) is 3.90. The van der Waals surface area contributed by atoms with Crippen molar-refractivity contribution in [2.75, 3.05) is 27.2 Å². The van der Waals surface area contributed by atoms with Crippen LogP contribution < -0.4 is 4.74 Å². The second kappa shape index (κ2) is 5.51. The molecule has 1 N–H and O–H groups in total. The Hall–Kier alpha value is -1.57. The molecule has 2 aliphatic rings. The highest BCUT2D eigenvalue weighted by atomic mass is 16.5. The van der Waals surface area contributed by atoms with E-state index in [2.05, 4.69) is 30.6 Å². The first-order valence-electron chi connectivity index (χ1n) is 8.33. The minimum atomic E-state index is -0.893. The van der Waals surface area contributed by atoms with Crippen LogP contribution >= 0.6 is 0 Å². The zero-order valence-corrected chi connectivity index (χ0v) is 14.5.